The van der Waals surface area contributed by atoms with E-state index in [0.29, 0.717) is 5.89 Å². The molecule has 0 radical (unpaired) electrons. The van der Waals surface area contributed by atoms with Crippen LogP contribution in [0.5, 0.6) is 0 Å². The van der Waals surface area contributed by atoms with Crippen LogP contribution in [0.2, 0.25) is 0 Å². The van der Waals surface area contributed by atoms with E-state index in [4.69, 9.17) is 10.2 Å². The van der Waals surface area contributed by atoms with Gasteiger partial charge in [0.1, 0.15) is 6.26 Å². The zero-order chi connectivity index (χ0) is 14.0. The summed E-state index contributed by atoms with van der Waals surface area (Å²) < 4.78 is 5.35. The molecule has 100 valence electrons. The monoisotopic (exact) mass is 259 g/mol. The van der Waals surface area contributed by atoms with Gasteiger partial charge in [0.15, 0.2) is 0 Å². The number of hydrogen-bond acceptors (Lipinski definition) is 4. The van der Waals surface area contributed by atoms with Crippen molar-refractivity contribution in [1.29, 1.82) is 0 Å². The van der Waals surface area contributed by atoms with E-state index in [1.807, 2.05) is 32.0 Å². The molecule has 0 aliphatic rings. The Morgan fingerprint density at radius 3 is 2.74 bits per heavy atom. The molecule has 0 fully saturated rings. The zero-order valence-electron chi connectivity index (χ0n) is 11.2. The van der Waals surface area contributed by atoms with Gasteiger partial charge in [-0.25, -0.2) is 4.98 Å². The number of rotatable bonds is 3. The highest BCUT2D eigenvalue weighted by molar-refractivity contribution is 5.95. The third kappa shape index (κ3) is 3.00. The largest absolute Gasteiger partial charge is 0.444 e. The standard InChI is InChI=1S/C14H17N3O2/c1-8-4-5-11(14-16-9(2)7-19-14)6-12(8)17-13(18)10(3)15/h4-7,10H,15H2,1-3H3,(H,17,18)/t10-/m0/s1. The number of aryl methyl sites for hydroxylation is 2. The second-order valence-corrected chi connectivity index (χ2v) is 4.60. The van der Waals surface area contributed by atoms with Gasteiger partial charge in [-0.3, -0.25) is 4.79 Å². The fourth-order valence-corrected chi connectivity index (χ4v) is 1.62. The highest BCUT2D eigenvalue weighted by Gasteiger charge is 2.11. The van der Waals surface area contributed by atoms with Crippen LogP contribution in [-0.2, 0) is 4.79 Å². The molecule has 0 unspecified atom stereocenters. The number of carbonyl (C=O) groups is 1. The molecule has 2 rings (SSSR count). The number of carbonyl (C=O) groups excluding carboxylic acids is 1. The van der Waals surface area contributed by atoms with E-state index < -0.39 is 6.04 Å². The Morgan fingerprint density at radius 1 is 1.42 bits per heavy atom. The van der Waals surface area contributed by atoms with Crippen LogP contribution in [0.3, 0.4) is 0 Å². The molecule has 0 saturated heterocycles. The van der Waals surface area contributed by atoms with E-state index in [-0.39, 0.29) is 5.91 Å². The van der Waals surface area contributed by atoms with Gasteiger partial charge in [0, 0.05) is 11.3 Å². The lowest BCUT2D eigenvalue weighted by molar-refractivity contribution is -0.117. The molecule has 1 amide bonds. The maximum atomic E-state index is 11.6. The Morgan fingerprint density at radius 2 is 2.16 bits per heavy atom. The summed E-state index contributed by atoms with van der Waals surface area (Å²) in [5.74, 6) is 0.317. The number of nitrogens with one attached hydrogen (secondary N) is 1. The number of anilines is 1. The molecule has 1 aromatic heterocycles. The fourth-order valence-electron chi connectivity index (χ4n) is 1.62. The van der Waals surface area contributed by atoms with Crippen molar-refractivity contribution in [1.82, 2.24) is 4.98 Å². The van der Waals surface area contributed by atoms with Crippen LogP contribution < -0.4 is 11.1 Å². The Labute approximate surface area is 111 Å². The van der Waals surface area contributed by atoms with E-state index in [1.54, 1.807) is 13.2 Å². The summed E-state index contributed by atoms with van der Waals surface area (Å²) in [6, 6.07) is 5.10. The average molecular weight is 259 g/mol. The minimum absolute atomic E-state index is 0.219. The van der Waals surface area contributed by atoms with Gasteiger partial charge in [-0.05, 0) is 38.5 Å². The fraction of sp³-hybridized carbons (Fsp3) is 0.286. The summed E-state index contributed by atoms with van der Waals surface area (Å²) in [5.41, 5.74) is 8.86. The van der Waals surface area contributed by atoms with Crippen molar-refractivity contribution >= 4 is 11.6 Å². The Balaban J connectivity index is 2.32. The van der Waals surface area contributed by atoms with Gasteiger partial charge in [0.05, 0.1) is 11.7 Å². The highest BCUT2D eigenvalue weighted by Crippen LogP contribution is 2.25. The SMILES string of the molecule is Cc1coc(-c2ccc(C)c(NC(=O)[C@H](C)N)c2)n1. The predicted molar refractivity (Wildman–Crippen MR) is 73.7 cm³/mol. The number of hydrogen-bond donors (Lipinski definition) is 2. The van der Waals surface area contributed by atoms with E-state index in [9.17, 15) is 4.79 Å². The molecule has 0 spiro atoms. The number of oxazole rings is 1. The van der Waals surface area contributed by atoms with E-state index >= 15 is 0 Å². The first kappa shape index (κ1) is 13.3. The van der Waals surface area contributed by atoms with Crippen LogP contribution in [0.4, 0.5) is 5.69 Å². The lowest BCUT2D eigenvalue weighted by Gasteiger charge is -2.11. The van der Waals surface area contributed by atoms with Gasteiger partial charge >= 0.3 is 0 Å². The van der Waals surface area contributed by atoms with Crippen molar-refractivity contribution in [3.63, 3.8) is 0 Å². The van der Waals surface area contributed by atoms with Gasteiger partial charge in [0.25, 0.3) is 0 Å². The molecule has 0 saturated carbocycles. The quantitative estimate of drug-likeness (QED) is 0.885. The minimum Gasteiger partial charge on any atom is -0.444 e. The topological polar surface area (TPSA) is 81.2 Å². The molecule has 19 heavy (non-hydrogen) atoms. The number of benzene rings is 1. The van der Waals surface area contributed by atoms with Crippen molar-refractivity contribution in [2.75, 3.05) is 5.32 Å². The van der Waals surface area contributed by atoms with Crippen molar-refractivity contribution < 1.29 is 9.21 Å². The molecule has 5 nitrogen and oxygen atoms in total. The van der Waals surface area contributed by atoms with Gasteiger partial charge in [0.2, 0.25) is 11.8 Å². The van der Waals surface area contributed by atoms with Crippen LogP contribution in [0.25, 0.3) is 11.5 Å². The lowest BCUT2D eigenvalue weighted by atomic mass is 10.1. The van der Waals surface area contributed by atoms with Crippen molar-refractivity contribution in [3.05, 3.63) is 35.7 Å². The lowest BCUT2D eigenvalue weighted by Crippen LogP contribution is -2.32. The number of amides is 1. The molecule has 5 heteroatoms. The zero-order valence-corrected chi connectivity index (χ0v) is 11.2. The second-order valence-electron chi connectivity index (χ2n) is 4.60. The number of nitrogens with zero attached hydrogens (tertiary/aromatic N) is 1. The third-order valence-corrected chi connectivity index (χ3v) is 2.77. The van der Waals surface area contributed by atoms with Gasteiger partial charge in [-0.2, -0.15) is 0 Å². The molecular weight excluding hydrogens is 242 g/mol. The molecule has 2 aromatic rings. The normalized spacial score (nSPS) is 12.2. The molecule has 0 bridgehead atoms. The van der Waals surface area contributed by atoms with Gasteiger partial charge < -0.3 is 15.5 Å². The van der Waals surface area contributed by atoms with E-state index in [1.165, 1.54) is 0 Å². The minimum atomic E-state index is -0.549. The predicted octanol–water partition coefficient (Wildman–Crippen LogP) is 2.24. The maximum Gasteiger partial charge on any atom is 0.241 e. The van der Waals surface area contributed by atoms with Crippen LogP contribution in [0.15, 0.2) is 28.9 Å². The summed E-state index contributed by atoms with van der Waals surface area (Å²) in [5, 5.41) is 2.79. The maximum absolute atomic E-state index is 11.6. The van der Waals surface area contributed by atoms with E-state index in [0.717, 1.165) is 22.5 Å². The van der Waals surface area contributed by atoms with Crippen LogP contribution in [-0.4, -0.2) is 16.9 Å². The highest BCUT2D eigenvalue weighted by atomic mass is 16.3. The molecular formula is C14H17N3O2. The summed E-state index contributed by atoms with van der Waals surface area (Å²) in [4.78, 5) is 15.9. The molecule has 3 N–H and O–H groups in total. The molecule has 1 aromatic carbocycles. The first-order valence-corrected chi connectivity index (χ1v) is 6.07. The van der Waals surface area contributed by atoms with Crippen molar-refractivity contribution in [2.24, 2.45) is 5.73 Å². The Hall–Kier alpha value is -2.14. The Bertz CT molecular complexity index is 602. The summed E-state index contributed by atoms with van der Waals surface area (Å²) in [7, 11) is 0. The average Bonchev–Trinajstić information content (AvgIpc) is 2.78. The second kappa shape index (κ2) is 5.24. The summed E-state index contributed by atoms with van der Waals surface area (Å²) in [6.45, 7) is 5.42. The number of aromatic nitrogens is 1. The van der Waals surface area contributed by atoms with Crippen LogP contribution in [0.1, 0.15) is 18.2 Å². The summed E-state index contributed by atoms with van der Waals surface area (Å²) in [6.07, 6.45) is 1.59. The van der Waals surface area contributed by atoms with Crippen LogP contribution >= 0.6 is 0 Å². The smallest absolute Gasteiger partial charge is 0.241 e. The molecule has 1 heterocycles. The van der Waals surface area contributed by atoms with Crippen LogP contribution in [0, 0.1) is 13.8 Å². The molecule has 0 aliphatic carbocycles. The third-order valence-electron chi connectivity index (χ3n) is 2.77. The first-order chi connectivity index (χ1) is 8.97. The van der Waals surface area contributed by atoms with Gasteiger partial charge in [-0.1, -0.05) is 6.07 Å². The Kier molecular flexibility index (Phi) is 3.66. The molecule has 0 aliphatic heterocycles. The summed E-state index contributed by atoms with van der Waals surface area (Å²) >= 11 is 0. The molecule has 1 atom stereocenters. The van der Waals surface area contributed by atoms with Crippen molar-refractivity contribution in [3.8, 4) is 11.5 Å². The van der Waals surface area contributed by atoms with Gasteiger partial charge in [-0.15, -0.1) is 0 Å². The van der Waals surface area contributed by atoms with Crippen molar-refractivity contribution in [2.45, 2.75) is 26.8 Å². The first-order valence-electron chi connectivity index (χ1n) is 6.07. The van der Waals surface area contributed by atoms with E-state index in [2.05, 4.69) is 10.3 Å². The number of nitrogens with two attached hydrogens (primary N) is 1.